The van der Waals surface area contributed by atoms with Gasteiger partial charge in [0.1, 0.15) is 6.04 Å². The number of carbonyl (C=O) groups is 1. The van der Waals surface area contributed by atoms with Gasteiger partial charge in [-0.25, -0.2) is 0 Å². The molecular weight excluding hydrogens is 250 g/mol. The lowest BCUT2D eigenvalue weighted by molar-refractivity contribution is -0.136. The zero-order chi connectivity index (χ0) is 13.9. The number of rotatable bonds is 2. The van der Waals surface area contributed by atoms with Gasteiger partial charge < -0.3 is 10.6 Å². The van der Waals surface area contributed by atoms with Gasteiger partial charge in [0, 0.05) is 25.7 Å². The van der Waals surface area contributed by atoms with Crippen LogP contribution in [0.3, 0.4) is 0 Å². The first-order chi connectivity index (χ1) is 9.75. The van der Waals surface area contributed by atoms with Gasteiger partial charge in [-0.2, -0.15) is 0 Å². The summed E-state index contributed by atoms with van der Waals surface area (Å²) < 4.78 is 0. The number of carbonyl (C=O) groups excluding carboxylic acids is 1. The highest BCUT2D eigenvalue weighted by Gasteiger charge is 2.32. The number of nitrogens with zero attached hydrogens (tertiary/aromatic N) is 2. The van der Waals surface area contributed by atoms with Crippen LogP contribution in [0.4, 0.5) is 0 Å². The van der Waals surface area contributed by atoms with E-state index in [1.165, 1.54) is 25.8 Å². The van der Waals surface area contributed by atoms with Gasteiger partial charge in [0.25, 0.3) is 0 Å². The molecule has 2 aliphatic rings. The van der Waals surface area contributed by atoms with Crippen molar-refractivity contribution in [3.05, 3.63) is 35.9 Å². The van der Waals surface area contributed by atoms with E-state index in [4.69, 9.17) is 5.73 Å². The molecule has 0 saturated carbocycles. The van der Waals surface area contributed by atoms with E-state index >= 15 is 0 Å². The van der Waals surface area contributed by atoms with Gasteiger partial charge in [-0.15, -0.1) is 0 Å². The van der Waals surface area contributed by atoms with Gasteiger partial charge in [-0.1, -0.05) is 36.8 Å². The molecule has 4 nitrogen and oxygen atoms in total. The molecule has 2 aliphatic heterocycles. The first-order valence-electron chi connectivity index (χ1n) is 7.59. The lowest BCUT2D eigenvalue weighted by Crippen LogP contribution is -2.57. The van der Waals surface area contributed by atoms with E-state index in [0.717, 1.165) is 25.2 Å². The number of hydrogen-bond acceptors (Lipinski definition) is 3. The summed E-state index contributed by atoms with van der Waals surface area (Å²) in [6.45, 7) is 3.85. The van der Waals surface area contributed by atoms with E-state index in [0.29, 0.717) is 6.04 Å². The molecule has 1 amide bonds. The lowest BCUT2D eigenvalue weighted by Gasteiger charge is -2.44. The number of nitrogens with two attached hydrogens (primary N) is 1. The molecule has 1 aromatic carbocycles. The molecular formula is C16H23N3O. The molecule has 1 aromatic rings. The number of piperazine rings is 1. The minimum Gasteiger partial charge on any atom is -0.338 e. The van der Waals surface area contributed by atoms with Crippen molar-refractivity contribution in [2.24, 2.45) is 5.73 Å². The van der Waals surface area contributed by atoms with Gasteiger partial charge in [0.2, 0.25) is 5.91 Å². The van der Waals surface area contributed by atoms with Crippen molar-refractivity contribution in [1.82, 2.24) is 9.80 Å². The highest BCUT2D eigenvalue weighted by Crippen LogP contribution is 2.23. The van der Waals surface area contributed by atoms with Crippen LogP contribution < -0.4 is 5.73 Å². The second kappa shape index (κ2) is 5.94. The third kappa shape index (κ3) is 2.72. The molecule has 108 valence electrons. The molecule has 0 spiro atoms. The van der Waals surface area contributed by atoms with Crippen LogP contribution in [0.25, 0.3) is 0 Å². The second-order valence-electron chi connectivity index (χ2n) is 5.86. The molecule has 0 bridgehead atoms. The molecule has 1 unspecified atom stereocenters. The second-order valence-corrected chi connectivity index (χ2v) is 5.86. The highest BCUT2D eigenvalue weighted by molar-refractivity contribution is 5.83. The molecule has 0 aliphatic carbocycles. The molecule has 0 aromatic heterocycles. The molecule has 2 fully saturated rings. The van der Waals surface area contributed by atoms with Gasteiger partial charge >= 0.3 is 0 Å². The summed E-state index contributed by atoms with van der Waals surface area (Å²) in [6.07, 6.45) is 3.80. The van der Waals surface area contributed by atoms with Gasteiger partial charge in [-0.05, 0) is 24.9 Å². The van der Waals surface area contributed by atoms with E-state index in [9.17, 15) is 4.79 Å². The zero-order valence-corrected chi connectivity index (χ0v) is 11.9. The van der Waals surface area contributed by atoms with Gasteiger partial charge in [0.15, 0.2) is 0 Å². The Kier molecular flexibility index (Phi) is 4.03. The van der Waals surface area contributed by atoms with Gasteiger partial charge in [-0.3, -0.25) is 9.69 Å². The van der Waals surface area contributed by atoms with E-state index < -0.39 is 6.04 Å². The zero-order valence-electron chi connectivity index (χ0n) is 11.9. The number of hydrogen-bond donors (Lipinski definition) is 1. The Morgan fingerprint density at radius 1 is 1.15 bits per heavy atom. The molecule has 3 rings (SSSR count). The predicted molar refractivity (Wildman–Crippen MR) is 79.2 cm³/mol. The van der Waals surface area contributed by atoms with Crippen molar-refractivity contribution in [1.29, 1.82) is 0 Å². The monoisotopic (exact) mass is 273 g/mol. The minimum absolute atomic E-state index is 0.0708. The lowest BCUT2D eigenvalue weighted by atomic mass is 9.98. The van der Waals surface area contributed by atoms with Crippen LogP contribution in [-0.2, 0) is 4.79 Å². The molecule has 4 heteroatoms. The fraction of sp³-hybridized carbons (Fsp3) is 0.562. The fourth-order valence-corrected chi connectivity index (χ4v) is 3.36. The minimum atomic E-state index is -0.522. The number of piperidine rings is 1. The van der Waals surface area contributed by atoms with E-state index in [2.05, 4.69) is 4.90 Å². The van der Waals surface area contributed by atoms with Crippen LogP contribution >= 0.6 is 0 Å². The van der Waals surface area contributed by atoms with E-state index in [-0.39, 0.29) is 5.91 Å². The Bertz CT molecular complexity index is 462. The van der Waals surface area contributed by atoms with Crippen LogP contribution in [0.5, 0.6) is 0 Å². The van der Waals surface area contributed by atoms with Gasteiger partial charge in [0.05, 0.1) is 0 Å². The smallest absolute Gasteiger partial charge is 0.244 e. The van der Waals surface area contributed by atoms with Crippen LogP contribution in [0.15, 0.2) is 30.3 Å². The van der Waals surface area contributed by atoms with Crippen LogP contribution in [0.1, 0.15) is 30.9 Å². The average Bonchev–Trinajstić information content (AvgIpc) is 2.54. The topological polar surface area (TPSA) is 49.6 Å². The van der Waals surface area contributed by atoms with Crippen LogP contribution in [0.2, 0.25) is 0 Å². The Labute approximate surface area is 120 Å². The maximum absolute atomic E-state index is 12.6. The third-order valence-electron chi connectivity index (χ3n) is 4.57. The normalized spacial score (nSPS) is 25.1. The average molecular weight is 273 g/mol. The molecule has 20 heavy (non-hydrogen) atoms. The summed E-state index contributed by atoms with van der Waals surface area (Å²) in [5.74, 6) is 0.0708. The molecule has 2 N–H and O–H groups in total. The fourth-order valence-electron chi connectivity index (χ4n) is 3.36. The number of fused-ring (bicyclic) bond motifs is 1. The molecule has 2 saturated heterocycles. The van der Waals surface area contributed by atoms with Crippen LogP contribution in [-0.4, -0.2) is 47.9 Å². The Morgan fingerprint density at radius 2 is 1.95 bits per heavy atom. The Hall–Kier alpha value is -1.39. The molecule has 2 heterocycles. The number of benzene rings is 1. The van der Waals surface area contributed by atoms with Crippen molar-refractivity contribution >= 4 is 5.91 Å². The van der Waals surface area contributed by atoms with Crippen molar-refractivity contribution in [2.45, 2.75) is 31.3 Å². The first kappa shape index (κ1) is 13.6. The SMILES string of the molecule is N[C@@H](C(=O)N1CCN2CCCCC2C1)c1ccccc1. The quantitative estimate of drug-likeness (QED) is 0.885. The summed E-state index contributed by atoms with van der Waals surface area (Å²) in [6, 6.07) is 9.69. The largest absolute Gasteiger partial charge is 0.338 e. The Balaban J connectivity index is 1.65. The van der Waals surface area contributed by atoms with E-state index in [1.54, 1.807) is 0 Å². The Morgan fingerprint density at radius 3 is 2.75 bits per heavy atom. The van der Waals surface area contributed by atoms with Crippen molar-refractivity contribution in [2.75, 3.05) is 26.2 Å². The maximum Gasteiger partial charge on any atom is 0.244 e. The standard InChI is InChI=1S/C16H23N3O/c17-15(13-6-2-1-3-7-13)16(20)19-11-10-18-9-5-4-8-14(18)12-19/h1-3,6-7,14-15H,4-5,8-12,17H2/t14?,15-/m1/s1. The van der Waals surface area contributed by atoms with E-state index in [1.807, 2.05) is 35.2 Å². The predicted octanol–water partition coefficient (Wildman–Crippen LogP) is 1.38. The molecule has 0 radical (unpaired) electrons. The van der Waals surface area contributed by atoms with Crippen molar-refractivity contribution in [3.8, 4) is 0 Å². The summed E-state index contributed by atoms with van der Waals surface area (Å²) in [5, 5.41) is 0. The summed E-state index contributed by atoms with van der Waals surface area (Å²) in [5.41, 5.74) is 7.04. The van der Waals surface area contributed by atoms with Crippen LogP contribution in [0, 0.1) is 0 Å². The van der Waals surface area contributed by atoms with Crippen molar-refractivity contribution < 1.29 is 4.79 Å². The van der Waals surface area contributed by atoms with Crippen molar-refractivity contribution in [3.63, 3.8) is 0 Å². The third-order valence-corrected chi connectivity index (χ3v) is 4.57. The molecule has 2 atom stereocenters. The number of amides is 1. The summed E-state index contributed by atoms with van der Waals surface area (Å²) >= 11 is 0. The first-order valence-corrected chi connectivity index (χ1v) is 7.59. The summed E-state index contributed by atoms with van der Waals surface area (Å²) in [7, 11) is 0. The summed E-state index contributed by atoms with van der Waals surface area (Å²) in [4.78, 5) is 17.0. The highest BCUT2D eigenvalue weighted by atomic mass is 16.2. The maximum atomic E-state index is 12.6.